The van der Waals surface area contributed by atoms with Crippen molar-refractivity contribution in [2.75, 3.05) is 0 Å². The van der Waals surface area contributed by atoms with E-state index in [4.69, 9.17) is 4.52 Å². The number of nitrogens with zero attached hydrogens (tertiary/aromatic N) is 3. The molecule has 104 valence electrons. The van der Waals surface area contributed by atoms with Crippen molar-refractivity contribution in [3.05, 3.63) is 58.6 Å². The van der Waals surface area contributed by atoms with Crippen LogP contribution in [0.3, 0.4) is 0 Å². The van der Waals surface area contributed by atoms with E-state index in [2.05, 4.69) is 10.1 Å². The number of hydrogen-bond acceptors (Lipinski definition) is 6. The number of nitro groups is 1. The molecule has 0 fully saturated rings. The zero-order valence-electron chi connectivity index (χ0n) is 10.6. The van der Waals surface area contributed by atoms with Crippen molar-refractivity contribution < 1.29 is 14.6 Å². The van der Waals surface area contributed by atoms with Crippen LogP contribution in [0.5, 0.6) is 5.75 Å². The van der Waals surface area contributed by atoms with Crippen molar-refractivity contribution in [1.29, 1.82) is 0 Å². The number of rotatable bonds is 3. The fourth-order valence-corrected chi connectivity index (χ4v) is 1.83. The Morgan fingerprint density at radius 2 is 1.86 bits per heavy atom. The Bertz CT molecular complexity index is 796. The number of non-ortho nitro benzene ring substituents is 1. The molecular weight excluding hydrogens is 274 g/mol. The standard InChI is InChI=1S/C14H9N3O4/c18-12-3-1-2-10(8-12)13-15-14(21-16-13)9-4-6-11(7-5-9)17(19)20/h1-8,18H. The zero-order valence-corrected chi connectivity index (χ0v) is 10.6. The Kier molecular flexibility index (Phi) is 3.07. The van der Waals surface area contributed by atoms with Gasteiger partial charge in [0.05, 0.1) is 4.92 Å². The molecule has 0 aliphatic heterocycles. The van der Waals surface area contributed by atoms with Gasteiger partial charge in [0.15, 0.2) is 0 Å². The highest BCUT2D eigenvalue weighted by Gasteiger charge is 2.12. The minimum Gasteiger partial charge on any atom is -0.508 e. The Hall–Kier alpha value is -3.22. The zero-order chi connectivity index (χ0) is 14.8. The van der Waals surface area contributed by atoms with Gasteiger partial charge < -0.3 is 9.63 Å². The third-order valence-corrected chi connectivity index (χ3v) is 2.86. The molecule has 1 heterocycles. The first kappa shape index (κ1) is 12.8. The Balaban J connectivity index is 1.93. The summed E-state index contributed by atoms with van der Waals surface area (Å²) in [6, 6.07) is 12.3. The van der Waals surface area contributed by atoms with Crippen LogP contribution in [0, 0.1) is 10.1 Å². The first-order valence-electron chi connectivity index (χ1n) is 6.01. The first-order valence-corrected chi connectivity index (χ1v) is 6.01. The van der Waals surface area contributed by atoms with E-state index in [-0.39, 0.29) is 17.3 Å². The second kappa shape index (κ2) is 5.04. The number of hydrogen-bond donors (Lipinski definition) is 1. The molecule has 21 heavy (non-hydrogen) atoms. The minimum atomic E-state index is -0.476. The van der Waals surface area contributed by atoms with Crippen LogP contribution in [0.15, 0.2) is 53.1 Å². The molecule has 3 aromatic rings. The fourth-order valence-electron chi connectivity index (χ4n) is 1.83. The Morgan fingerprint density at radius 1 is 1.10 bits per heavy atom. The number of aromatic nitrogens is 2. The van der Waals surface area contributed by atoms with Gasteiger partial charge in [0.25, 0.3) is 11.6 Å². The van der Waals surface area contributed by atoms with Crippen LogP contribution < -0.4 is 0 Å². The topological polar surface area (TPSA) is 102 Å². The van der Waals surface area contributed by atoms with Gasteiger partial charge in [-0.05, 0) is 24.3 Å². The van der Waals surface area contributed by atoms with Crippen LogP contribution in [0.25, 0.3) is 22.8 Å². The van der Waals surface area contributed by atoms with E-state index in [1.54, 1.807) is 18.2 Å². The molecule has 0 saturated carbocycles. The normalized spacial score (nSPS) is 10.5. The maximum absolute atomic E-state index is 10.6. The summed E-state index contributed by atoms with van der Waals surface area (Å²) in [7, 11) is 0. The summed E-state index contributed by atoms with van der Waals surface area (Å²) in [4.78, 5) is 14.3. The van der Waals surface area contributed by atoms with Gasteiger partial charge >= 0.3 is 0 Å². The SMILES string of the molecule is O=[N+]([O-])c1ccc(-c2nc(-c3cccc(O)c3)no2)cc1. The Morgan fingerprint density at radius 3 is 2.52 bits per heavy atom. The van der Waals surface area contributed by atoms with Crippen LogP contribution in [0.4, 0.5) is 5.69 Å². The lowest BCUT2D eigenvalue weighted by Crippen LogP contribution is -1.87. The highest BCUT2D eigenvalue weighted by atomic mass is 16.6. The van der Waals surface area contributed by atoms with Gasteiger partial charge in [0, 0.05) is 23.3 Å². The van der Waals surface area contributed by atoms with Gasteiger partial charge in [-0.2, -0.15) is 4.98 Å². The summed E-state index contributed by atoms with van der Waals surface area (Å²) in [6.07, 6.45) is 0. The van der Waals surface area contributed by atoms with Gasteiger partial charge in [-0.25, -0.2) is 0 Å². The second-order valence-electron chi connectivity index (χ2n) is 4.28. The quantitative estimate of drug-likeness (QED) is 0.585. The number of nitro benzene ring substituents is 1. The number of phenolic OH excluding ortho intramolecular Hbond substituents is 1. The lowest BCUT2D eigenvalue weighted by Gasteiger charge is -1.95. The fraction of sp³-hybridized carbons (Fsp3) is 0. The second-order valence-corrected chi connectivity index (χ2v) is 4.28. The molecule has 0 radical (unpaired) electrons. The van der Waals surface area contributed by atoms with Crippen LogP contribution in [0.2, 0.25) is 0 Å². The van der Waals surface area contributed by atoms with Crippen molar-refractivity contribution in [3.63, 3.8) is 0 Å². The molecule has 0 unspecified atom stereocenters. The average molecular weight is 283 g/mol. The molecule has 0 saturated heterocycles. The molecule has 0 amide bonds. The van der Waals surface area contributed by atoms with Crippen LogP contribution in [-0.4, -0.2) is 20.2 Å². The number of aromatic hydroxyl groups is 1. The van der Waals surface area contributed by atoms with Crippen molar-refractivity contribution in [2.45, 2.75) is 0 Å². The van der Waals surface area contributed by atoms with Crippen molar-refractivity contribution >= 4 is 5.69 Å². The molecule has 1 N–H and O–H groups in total. The summed E-state index contributed by atoms with van der Waals surface area (Å²) in [5.74, 6) is 0.691. The van der Waals surface area contributed by atoms with E-state index in [1.807, 2.05) is 0 Å². The average Bonchev–Trinajstić information content (AvgIpc) is 2.97. The van der Waals surface area contributed by atoms with Crippen molar-refractivity contribution in [1.82, 2.24) is 10.1 Å². The van der Waals surface area contributed by atoms with Gasteiger partial charge in [-0.1, -0.05) is 17.3 Å². The monoisotopic (exact) mass is 283 g/mol. The molecule has 0 bridgehead atoms. The molecular formula is C14H9N3O4. The summed E-state index contributed by atoms with van der Waals surface area (Å²) in [5, 5.41) is 23.9. The van der Waals surface area contributed by atoms with Gasteiger partial charge in [-0.3, -0.25) is 10.1 Å². The van der Waals surface area contributed by atoms with Gasteiger partial charge in [0.2, 0.25) is 5.82 Å². The van der Waals surface area contributed by atoms with Gasteiger partial charge in [-0.15, -0.1) is 0 Å². The summed E-state index contributed by atoms with van der Waals surface area (Å²) >= 11 is 0. The summed E-state index contributed by atoms with van der Waals surface area (Å²) in [6.45, 7) is 0. The lowest BCUT2D eigenvalue weighted by molar-refractivity contribution is -0.384. The number of benzene rings is 2. The largest absolute Gasteiger partial charge is 0.508 e. The van der Waals surface area contributed by atoms with E-state index >= 15 is 0 Å². The van der Waals surface area contributed by atoms with Crippen LogP contribution in [0.1, 0.15) is 0 Å². The van der Waals surface area contributed by atoms with E-state index in [0.29, 0.717) is 17.0 Å². The maximum atomic E-state index is 10.6. The smallest absolute Gasteiger partial charge is 0.269 e. The maximum Gasteiger partial charge on any atom is 0.269 e. The van der Waals surface area contributed by atoms with Gasteiger partial charge in [0.1, 0.15) is 5.75 Å². The lowest BCUT2D eigenvalue weighted by atomic mass is 10.2. The third kappa shape index (κ3) is 2.57. The highest BCUT2D eigenvalue weighted by molar-refractivity contribution is 5.61. The highest BCUT2D eigenvalue weighted by Crippen LogP contribution is 2.25. The van der Waals surface area contributed by atoms with Crippen LogP contribution >= 0.6 is 0 Å². The van der Waals surface area contributed by atoms with Crippen LogP contribution in [-0.2, 0) is 0 Å². The molecule has 0 atom stereocenters. The molecule has 2 aromatic carbocycles. The van der Waals surface area contributed by atoms with Crippen molar-refractivity contribution in [3.8, 4) is 28.6 Å². The third-order valence-electron chi connectivity index (χ3n) is 2.86. The molecule has 0 aliphatic rings. The Labute approximate surface area is 118 Å². The predicted octanol–water partition coefficient (Wildman–Crippen LogP) is 3.02. The molecule has 0 aliphatic carbocycles. The van der Waals surface area contributed by atoms with E-state index in [9.17, 15) is 15.2 Å². The minimum absolute atomic E-state index is 0.00790. The first-order chi connectivity index (χ1) is 10.1. The van der Waals surface area contributed by atoms with E-state index < -0.39 is 4.92 Å². The van der Waals surface area contributed by atoms with E-state index in [1.165, 1.54) is 30.3 Å². The summed E-state index contributed by atoms with van der Waals surface area (Å²) < 4.78 is 5.13. The molecule has 7 nitrogen and oxygen atoms in total. The van der Waals surface area contributed by atoms with Crippen molar-refractivity contribution in [2.24, 2.45) is 0 Å². The predicted molar refractivity (Wildman–Crippen MR) is 73.5 cm³/mol. The molecule has 0 spiro atoms. The number of phenols is 1. The molecule has 7 heteroatoms. The summed E-state index contributed by atoms with van der Waals surface area (Å²) in [5.41, 5.74) is 1.19. The molecule has 3 rings (SSSR count). The molecule has 1 aromatic heterocycles. The van der Waals surface area contributed by atoms with E-state index in [0.717, 1.165) is 0 Å².